The van der Waals surface area contributed by atoms with Crippen LogP contribution in [0.2, 0.25) is 0 Å². The molecule has 0 amide bonds. The van der Waals surface area contributed by atoms with E-state index in [2.05, 4.69) is 108 Å². The maximum absolute atomic E-state index is 5.15. The molecule has 1 aromatic rings. The fraction of sp³-hybridized carbons (Fsp3) is 0.615. The van der Waals surface area contributed by atoms with Crippen molar-refractivity contribution in [3.8, 4) is 0 Å². The molecule has 0 spiro atoms. The van der Waals surface area contributed by atoms with Crippen molar-refractivity contribution >= 4 is 46.6 Å². The van der Waals surface area contributed by atoms with E-state index in [4.69, 9.17) is 20.0 Å². The van der Waals surface area contributed by atoms with Crippen molar-refractivity contribution in [2.75, 3.05) is 109 Å². The molecule has 12 heteroatoms. The number of nitrogens with zero attached hydrogens (tertiary/aromatic N) is 12. The molecule has 38 heavy (non-hydrogen) atoms. The minimum absolute atomic E-state index is 0.793. The van der Waals surface area contributed by atoms with Crippen molar-refractivity contribution in [1.82, 2.24) is 39.2 Å². The molecule has 4 heterocycles. The largest absolute Gasteiger partial charge is 0.344 e. The van der Waals surface area contributed by atoms with Gasteiger partial charge in [0, 0.05) is 109 Å². The molecule has 0 saturated carbocycles. The summed E-state index contributed by atoms with van der Waals surface area (Å²) in [7, 11) is 16.7. The molecule has 0 aliphatic carbocycles. The first kappa shape index (κ1) is 25.9. The highest BCUT2D eigenvalue weighted by Gasteiger charge is 2.26. The van der Waals surface area contributed by atoms with Gasteiger partial charge in [-0.1, -0.05) is 0 Å². The van der Waals surface area contributed by atoms with Gasteiger partial charge in [0.05, 0.1) is 22.7 Å². The van der Waals surface area contributed by atoms with Gasteiger partial charge in [-0.15, -0.1) is 0 Å². The standard InChI is InChI=1S/C26H42N12/c1-31-9-10-32(2)23(31)27-19-17-21(29-25-35(5)13-14-36(25)6)22(30-26-37(7)15-16-38(26)8)18-20(19)28-24-33(3)11-12-34(24)4/h17-18H,9-16H2,1-8H3. The van der Waals surface area contributed by atoms with Crippen molar-refractivity contribution in [3.05, 3.63) is 12.1 Å². The zero-order chi connectivity index (χ0) is 27.1. The van der Waals surface area contributed by atoms with E-state index >= 15 is 0 Å². The van der Waals surface area contributed by atoms with E-state index < -0.39 is 0 Å². The Morgan fingerprint density at radius 1 is 0.342 bits per heavy atom. The van der Waals surface area contributed by atoms with Crippen LogP contribution in [0.1, 0.15) is 0 Å². The Morgan fingerprint density at radius 2 is 0.500 bits per heavy atom. The van der Waals surface area contributed by atoms with Crippen LogP contribution in [-0.2, 0) is 0 Å². The van der Waals surface area contributed by atoms with Crippen LogP contribution < -0.4 is 0 Å². The minimum atomic E-state index is 0.793. The molecular formula is C26H42N12. The molecule has 4 aliphatic rings. The normalized spacial score (nSPS) is 20.2. The van der Waals surface area contributed by atoms with Crippen molar-refractivity contribution in [2.24, 2.45) is 20.0 Å². The first-order valence-electron chi connectivity index (χ1n) is 13.3. The fourth-order valence-electron chi connectivity index (χ4n) is 5.19. The lowest BCUT2D eigenvalue weighted by Crippen LogP contribution is -2.28. The highest BCUT2D eigenvalue weighted by molar-refractivity contribution is 5.95. The third kappa shape index (κ3) is 4.91. The van der Waals surface area contributed by atoms with Gasteiger partial charge in [-0.2, -0.15) is 0 Å². The zero-order valence-corrected chi connectivity index (χ0v) is 24.2. The Balaban J connectivity index is 1.73. The second kappa shape index (κ2) is 10.2. The molecule has 12 nitrogen and oxygen atoms in total. The topological polar surface area (TPSA) is 75.4 Å². The molecule has 206 valence electrons. The second-order valence-corrected chi connectivity index (χ2v) is 10.8. The van der Waals surface area contributed by atoms with Crippen LogP contribution in [0.5, 0.6) is 0 Å². The summed E-state index contributed by atoms with van der Waals surface area (Å²) in [4.78, 5) is 38.1. The monoisotopic (exact) mass is 522 g/mol. The Bertz CT molecular complexity index is 961. The van der Waals surface area contributed by atoms with Crippen LogP contribution >= 0.6 is 0 Å². The van der Waals surface area contributed by atoms with Crippen LogP contribution in [0.15, 0.2) is 32.1 Å². The van der Waals surface area contributed by atoms with Gasteiger partial charge in [0.25, 0.3) is 0 Å². The van der Waals surface area contributed by atoms with Gasteiger partial charge in [0.15, 0.2) is 0 Å². The maximum Gasteiger partial charge on any atom is 0.201 e. The summed E-state index contributed by atoms with van der Waals surface area (Å²) in [6.45, 7) is 7.55. The lowest BCUT2D eigenvalue weighted by molar-refractivity contribution is 0.553. The number of benzene rings is 1. The number of guanidine groups is 4. The zero-order valence-electron chi connectivity index (χ0n) is 24.2. The molecule has 0 atom stereocenters. The van der Waals surface area contributed by atoms with Crippen molar-refractivity contribution < 1.29 is 0 Å². The van der Waals surface area contributed by atoms with Crippen LogP contribution in [0.3, 0.4) is 0 Å². The number of hydrogen-bond acceptors (Lipinski definition) is 4. The number of likely N-dealkylation sites (N-methyl/N-ethyl adjacent to an activating group) is 8. The Hall–Kier alpha value is -3.70. The van der Waals surface area contributed by atoms with E-state index in [0.717, 1.165) is 98.9 Å². The maximum atomic E-state index is 5.15. The minimum Gasteiger partial charge on any atom is -0.344 e. The van der Waals surface area contributed by atoms with Crippen LogP contribution in [0, 0.1) is 0 Å². The Labute approximate surface area is 226 Å². The van der Waals surface area contributed by atoms with E-state index in [1.807, 2.05) is 0 Å². The first-order chi connectivity index (χ1) is 18.1. The summed E-state index contributed by atoms with van der Waals surface area (Å²) in [5.41, 5.74) is 3.17. The predicted molar refractivity (Wildman–Crippen MR) is 156 cm³/mol. The molecule has 4 saturated heterocycles. The van der Waals surface area contributed by atoms with Gasteiger partial charge in [-0.3, -0.25) is 0 Å². The van der Waals surface area contributed by atoms with Gasteiger partial charge in [0.2, 0.25) is 23.8 Å². The van der Waals surface area contributed by atoms with Crippen molar-refractivity contribution in [2.45, 2.75) is 0 Å². The van der Waals surface area contributed by atoms with Crippen molar-refractivity contribution in [3.63, 3.8) is 0 Å². The first-order valence-corrected chi connectivity index (χ1v) is 13.3. The lowest BCUT2D eigenvalue weighted by Gasteiger charge is -2.20. The van der Waals surface area contributed by atoms with E-state index in [-0.39, 0.29) is 0 Å². The van der Waals surface area contributed by atoms with E-state index in [1.165, 1.54) is 0 Å². The molecular weight excluding hydrogens is 480 g/mol. The van der Waals surface area contributed by atoms with Crippen molar-refractivity contribution in [1.29, 1.82) is 0 Å². The molecule has 5 rings (SSSR count). The molecule has 0 unspecified atom stereocenters. The molecule has 0 aromatic heterocycles. The number of aliphatic imine (C=N–C) groups is 4. The third-order valence-electron chi connectivity index (χ3n) is 7.77. The molecule has 1 aromatic carbocycles. The highest BCUT2D eigenvalue weighted by atomic mass is 15.4. The van der Waals surface area contributed by atoms with E-state index in [0.29, 0.717) is 0 Å². The Morgan fingerprint density at radius 3 is 0.658 bits per heavy atom. The van der Waals surface area contributed by atoms with Crippen LogP contribution in [-0.4, -0.2) is 172 Å². The summed E-state index contributed by atoms with van der Waals surface area (Å²) >= 11 is 0. The van der Waals surface area contributed by atoms with Gasteiger partial charge < -0.3 is 39.2 Å². The highest BCUT2D eigenvalue weighted by Crippen LogP contribution is 2.42. The summed E-state index contributed by atoms with van der Waals surface area (Å²) in [6.07, 6.45) is 0. The summed E-state index contributed by atoms with van der Waals surface area (Å²) in [6, 6.07) is 4.12. The molecule has 4 aliphatic heterocycles. The van der Waals surface area contributed by atoms with Gasteiger partial charge in [-0.25, -0.2) is 20.0 Å². The summed E-state index contributed by atoms with van der Waals surface area (Å²) < 4.78 is 0. The average molecular weight is 523 g/mol. The Kier molecular flexibility index (Phi) is 6.97. The third-order valence-corrected chi connectivity index (χ3v) is 7.77. The smallest absolute Gasteiger partial charge is 0.201 e. The summed E-state index contributed by atoms with van der Waals surface area (Å²) in [5, 5.41) is 0. The fourth-order valence-corrected chi connectivity index (χ4v) is 5.19. The summed E-state index contributed by atoms with van der Waals surface area (Å²) in [5.74, 6) is 3.73. The van der Waals surface area contributed by atoms with Gasteiger partial charge in [0.1, 0.15) is 0 Å². The van der Waals surface area contributed by atoms with Gasteiger partial charge >= 0.3 is 0 Å². The van der Waals surface area contributed by atoms with Crippen LogP contribution in [0.25, 0.3) is 0 Å². The number of hydrogen-bond donors (Lipinski definition) is 0. The SMILES string of the molecule is CN1CCN(C)C1=Nc1cc(N=C2N(C)CCN2C)c(N=C2N(C)CCN2C)cc1N=C1N(C)CCN1C. The molecule has 0 radical (unpaired) electrons. The van der Waals surface area contributed by atoms with E-state index in [1.54, 1.807) is 0 Å². The molecule has 4 fully saturated rings. The second-order valence-electron chi connectivity index (χ2n) is 10.8. The molecule has 0 N–H and O–H groups in total. The number of rotatable bonds is 4. The van der Waals surface area contributed by atoms with Gasteiger partial charge in [-0.05, 0) is 12.1 Å². The predicted octanol–water partition coefficient (Wildman–Crippen LogP) is 1.15. The average Bonchev–Trinajstić information content (AvgIpc) is 3.58. The van der Waals surface area contributed by atoms with Crippen LogP contribution in [0.4, 0.5) is 22.7 Å². The lowest BCUT2D eigenvalue weighted by atomic mass is 10.2. The quantitative estimate of drug-likeness (QED) is 0.583. The van der Waals surface area contributed by atoms with E-state index in [9.17, 15) is 0 Å². The molecule has 0 bridgehead atoms.